The molecule has 6 nitrogen and oxygen atoms in total. The highest BCUT2D eigenvalue weighted by molar-refractivity contribution is 7.90. The Hall–Kier alpha value is -1.76. The molecule has 0 saturated carbocycles. The third kappa shape index (κ3) is 9.96. The average Bonchev–Trinajstić information content (AvgIpc) is 2.54. The van der Waals surface area contributed by atoms with Crippen LogP contribution in [0.4, 0.5) is 10.5 Å². The number of benzene rings is 1. The molecule has 0 aliphatic rings. The largest absolute Gasteiger partial charge is 0.492 e. The number of urea groups is 1. The van der Waals surface area contributed by atoms with Crippen LogP contribution in [0.5, 0.6) is 5.75 Å². The minimum atomic E-state index is -3.05. The van der Waals surface area contributed by atoms with Gasteiger partial charge in [0.15, 0.2) is 9.84 Å². The summed E-state index contributed by atoms with van der Waals surface area (Å²) in [5.41, 5.74) is 0.607. The molecule has 0 fully saturated rings. The Morgan fingerprint density at radius 1 is 1.28 bits per heavy atom. The Morgan fingerprint density at radius 3 is 2.68 bits per heavy atom. The van der Waals surface area contributed by atoms with E-state index in [0.29, 0.717) is 23.9 Å². The first-order chi connectivity index (χ1) is 11.8. The Morgan fingerprint density at radius 2 is 2.04 bits per heavy atom. The quantitative estimate of drug-likeness (QED) is 0.625. The molecular weight excluding hydrogens is 340 g/mol. The van der Waals surface area contributed by atoms with Gasteiger partial charge in [-0.3, -0.25) is 0 Å². The molecule has 0 heterocycles. The summed E-state index contributed by atoms with van der Waals surface area (Å²) in [6.07, 6.45) is 5.67. The van der Waals surface area contributed by atoms with Gasteiger partial charge in [0.1, 0.15) is 12.4 Å². The number of hydrogen-bond donors (Lipinski definition) is 2. The number of rotatable bonds is 11. The predicted molar refractivity (Wildman–Crippen MR) is 102 cm³/mol. The Bertz CT molecular complexity index is 632. The van der Waals surface area contributed by atoms with E-state index in [1.807, 2.05) is 0 Å². The highest BCUT2D eigenvalue weighted by atomic mass is 32.2. The molecule has 0 aliphatic carbocycles. The fourth-order valence-electron chi connectivity index (χ4n) is 2.33. The van der Waals surface area contributed by atoms with Gasteiger partial charge in [0, 0.05) is 24.6 Å². The first kappa shape index (κ1) is 21.3. The Balaban J connectivity index is 2.45. The number of ether oxygens (including phenoxy) is 1. The molecule has 0 aliphatic heterocycles. The first-order valence-electron chi connectivity index (χ1n) is 8.79. The molecule has 2 N–H and O–H groups in total. The molecule has 1 aromatic carbocycles. The second-order valence-electron chi connectivity index (χ2n) is 6.26. The van der Waals surface area contributed by atoms with Crippen molar-refractivity contribution in [1.29, 1.82) is 0 Å². The predicted octanol–water partition coefficient (Wildman–Crippen LogP) is 3.45. The van der Waals surface area contributed by atoms with E-state index in [1.165, 1.54) is 12.7 Å². The first-order valence-corrected chi connectivity index (χ1v) is 10.9. The maximum absolute atomic E-state index is 12.0. The maximum atomic E-state index is 12.0. The second kappa shape index (κ2) is 11.0. The van der Waals surface area contributed by atoms with Gasteiger partial charge in [0.05, 0.1) is 5.75 Å². The van der Waals surface area contributed by atoms with Crippen molar-refractivity contribution in [1.82, 2.24) is 5.32 Å². The maximum Gasteiger partial charge on any atom is 0.319 e. The van der Waals surface area contributed by atoms with Crippen LogP contribution in [0.3, 0.4) is 0 Å². The summed E-state index contributed by atoms with van der Waals surface area (Å²) in [7, 11) is -3.05. The summed E-state index contributed by atoms with van der Waals surface area (Å²) in [6.45, 7) is 5.05. The minimum absolute atomic E-state index is 0.0404. The molecule has 25 heavy (non-hydrogen) atoms. The molecule has 1 rings (SSSR count). The summed E-state index contributed by atoms with van der Waals surface area (Å²) < 4.78 is 27.6. The van der Waals surface area contributed by atoms with Gasteiger partial charge in [0.25, 0.3) is 0 Å². The van der Waals surface area contributed by atoms with Gasteiger partial charge in [-0.1, -0.05) is 39.2 Å². The highest BCUT2D eigenvalue weighted by Gasteiger charge is 2.09. The van der Waals surface area contributed by atoms with Crippen molar-refractivity contribution in [2.24, 2.45) is 5.92 Å². The zero-order valence-corrected chi connectivity index (χ0v) is 16.2. The van der Waals surface area contributed by atoms with E-state index in [9.17, 15) is 13.2 Å². The van der Waals surface area contributed by atoms with E-state index in [0.717, 1.165) is 19.3 Å². The van der Waals surface area contributed by atoms with E-state index in [4.69, 9.17) is 4.74 Å². The molecule has 7 heteroatoms. The normalized spacial score (nSPS) is 12.4. The van der Waals surface area contributed by atoms with Gasteiger partial charge in [-0.25, -0.2) is 13.2 Å². The molecule has 2 amide bonds. The lowest BCUT2D eigenvalue weighted by Crippen LogP contribution is -2.33. The van der Waals surface area contributed by atoms with Crippen molar-refractivity contribution in [3.8, 4) is 5.75 Å². The minimum Gasteiger partial charge on any atom is -0.492 e. The van der Waals surface area contributed by atoms with Crippen LogP contribution in [0.15, 0.2) is 24.3 Å². The van der Waals surface area contributed by atoms with Crippen LogP contribution < -0.4 is 15.4 Å². The van der Waals surface area contributed by atoms with Crippen LogP contribution in [-0.2, 0) is 9.84 Å². The monoisotopic (exact) mass is 370 g/mol. The summed E-state index contributed by atoms with van der Waals surface area (Å²) in [5.74, 6) is 0.980. The van der Waals surface area contributed by atoms with Crippen LogP contribution in [0, 0.1) is 5.92 Å². The van der Waals surface area contributed by atoms with Gasteiger partial charge in [0.2, 0.25) is 0 Å². The van der Waals surface area contributed by atoms with Gasteiger partial charge in [-0.15, -0.1) is 0 Å². The lowest BCUT2D eigenvalue weighted by atomic mass is 9.99. The molecule has 0 spiro atoms. The van der Waals surface area contributed by atoms with Crippen molar-refractivity contribution in [3.05, 3.63) is 24.3 Å². The number of sulfone groups is 1. The fraction of sp³-hybridized carbons (Fsp3) is 0.611. The molecule has 0 saturated heterocycles. The third-order valence-electron chi connectivity index (χ3n) is 3.91. The van der Waals surface area contributed by atoms with Crippen molar-refractivity contribution in [2.45, 2.75) is 39.5 Å². The molecule has 1 unspecified atom stereocenters. The molecule has 0 bridgehead atoms. The summed E-state index contributed by atoms with van der Waals surface area (Å²) in [6, 6.07) is 6.67. The number of carbonyl (C=O) groups excluding carboxylic acids is 1. The smallest absolute Gasteiger partial charge is 0.319 e. The molecule has 142 valence electrons. The summed E-state index contributed by atoms with van der Waals surface area (Å²) in [5, 5.41) is 5.68. The van der Waals surface area contributed by atoms with Crippen LogP contribution >= 0.6 is 0 Å². The van der Waals surface area contributed by atoms with E-state index in [-0.39, 0.29) is 18.4 Å². The van der Waals surface area contributed by atoms with Gasteiger partial charge in [-0.05, 0) is 24.5 Å². The van der Waals surface area contributed by atoms with Gasteiger partial charge in [-0.2, -0.15) is 0 Å². The fourth-order valence-corrected chi connectivity index (χ4v) is 2.72. The summed E-state index contributed by atoms with van der Waals surface area (Å²) >= 11 is 0. The topological polar surface area (TPSA) is 84.5 Å². The SMILES string of the molecule is CCCCC(CC)CNC(=O)Nc1cccc(OCCS(C)(=O)=O)c1. The van der Waals surface area contributed by atoms with Crippen molar-refractivity contribution in [2.75, 3.05) is 30.5 Å². The molecule has 0 radical (unpaired) electrons. The van der Waals surface area contributed by atoms with E-state index < -0.39 is 9.84 Å². The van der Waals surface area contributed by atoms with Crippen LogP contribution in [0.25, 0.3) is 0 Å². The lowest BCUT2D eigenvalue weighted by Gasteiger charge is -2.16. The second-order valence-corrected chi connectivity index (χ2v) is 8.52. The lowest BCUT2D eigenvalue weighted by molar-refractivity contribution is 0.249. The van der Waals surface area contributed by atoms with Crippen molar-refractivity contribution >= 4 is 21.6 Å². The average molecular weight is 371 g/mol. The third-order valence-corrected chi connectivity index (χ3v) is 4.82. The van der Waals surface area contributed by atoms with Crippen LogP contribution in [0.1, 0.15) is 39.5 Å². The zero-order valence-electron chi connectivity index (χ0n) is 15.4. The van der Waals surface area contributed by atoms with Gasteiger partial charge >= 0.3 is 6.03 Å². The zero-order chi connectivity index (χ0) is 18.7. The Kier molecular flexibility index (Phi) is 9.34. The van der Waals surface area contributed by atoms with Gasteiger partial charge < -0.3 is 15.4 Å². The number of amides is 2. The molecule has 1 aromatic rings. The van der Waals surface area contributed by atoms with Crippen molar-refractivity contribution < 1.29 is 17.9 Å². The van der Waals surface area contributed by atoms with E-state index >= 15 is 0 Å². The number of carbonyl (C=O) groups is 1. The molecule has 1 atom stereocenters. The number of anilines is 1. The number of hydrogen-bond acceptors (Lipinski definition) is 4. The van der Waals surface area contributed by atoms with Crippen molar-refractivity contribution in [3.63, 3.8) is 0 Å². The van der Waals surface area contributed by atoms with E-state index in [1.54, 1.807) is 24.3 Å². The molecular formula is C18H30N2O4S. The van der Waals surface area contributed by atoms with Crippen LogP contribution in [0.2, 0.25) is 0 Å². The standard InChI is InChI=1S/C18H30N2O4S/c1-4-6-8-15(5-2)14-19-18(21)20-16-9-7-10-17(13-16)24-11-12-25(3,22)23/h7,9-10,13,15H,4-6,8,11-12,14H2,1-3H3,(H2,19,20,21). The highest BCUT2D eigenvalue weighted by Crippen LogP contribution is 2.17. The Labute approximate surface area is 151 Å². The number of nitrogens with one attached hydrogen (secondary N) is 2. The summed E-state index contributed by atoms with van der Waals surface area (Å²) in [4.78, 5) is 12.0. The molecule has 0 aromatic heterocycles. The van der Waals surface area contributed by atoms with Crippen LogP contribution in [-0.4, -0.2) is 39.6 Å². The van der Waals surface area contributed by atoms with E-state index in [2.05, 4.69) is 24.5 Å². The number of unbranched alkanes of at least 4 members (excludes halogenated alkanes) is 1.